The van der Waals surface area contributed by atoms with Crippen molar-refractivity contribution in [3.8, 4) is 0 Å². The zero-order valence-electron chi connectivity index (χ0n) is 13.5. The van der Waals surface area contributed by atoms with E-state index in [1.165, 1.54) is 6.07 Å². The molecule has 1 amide bonds. The number of carbonyl (C=O) groups is 3. The summed E-state index contributed by atoms with van der Waals surface area (Å²) < 4.78 is 13.9. The Balaban J connectivity index is 1.87. The van der Waals surface area contributed by atoms with Crippen LogP contribution >= 0.6 is 15.9 Å². The first-order valence-electron chi connectivity index (χ1n) is 8.16. The number of carboxylic acid groups (broad SMARTS) is 1. The Morgan fingerprint density at radius 2 is 2.00 bits per heavy atom. The van der Waals surface area contributed by atoms with E-state index in [0.29, 0.717) is 35.4 Å². The highest BCUT2D eigenvalue weighted by Gasteiger charge is 2.47. The van der Waals surface area contributed by atoms with Gasteiger partial charge in [0.1, 0.15) is 11.6 Å². The van der Waals surface area contributed by atoms with Crippen molar-refractivity contribution in [3.63, 3.8) is 0 Å². The highest BCUT2D eigenvalue weighted by Crippen LogP contribution is 2.45. The van der Waals surface area contributed by atoms with Gasteiger partial charge in [0.05, 0.1) is 29.2 Å². The lowest BCUT2D eigenvalue weighted by Crippen LogP contribution is -2.45. The summed E-state index contributed by atoms with van der Waals surface area (Å²) in [6.45, 7) is -0.252. The molecular formula is C18H14BrFN2O4. The molecule has 1 aliphatic carbocycles. The summed E-state index contributed by atoms with van der Waals surface area (Å²) in [5.74, 6) is -1.87. The summed E-state index contributed by atoms with van der Waals surface area (Å²) in [7, 11) is 0. The molecule has 2 heterocycles. The van der Waals surface area contributed by atoms with Crippen LogP contribution in [0.15, 0.2) is 38.9 Å². The molecule has 26 heavy (non-hydrogen) atoms. The first-order chi connectivity index (χ1) is 12.4. The predicted molar refractivity (Wildman–Crippen MR) is 93.6 cm³/mol. The second-order valence-corrected chi connectivity index (χ2v) is 7.47. The van der Waals surface area contributed by atoms with Crippen LogP contribution in [0.4, 0.5) is 9.18 Å². The van der Waals surface area contributed by atoms with Gasteiger partial charge in [0.15, 0.2) is 5.78 Å². The van der Waals surface area contributed by atoms with Crippen molar-refractivity contribution in [2.24, 2.45) is 10.9 Å². The lowest BCUT2D eigenvalue weighted by Gasteiger charge is -2.36. The molecule has 2 aliphatic heterocycles. The van der Waals surface area contributed by atoms with E-state index in [1.807, 2.05) is 0 Å². The second kappa shape index (κ2) is 6.12. The SMILES string of the molecule is O=C1CN(C(=O)O)CC2=C1C(c1ccc(F)c(Br)c1)C1C(=O)CCC1=N2. The summed E-state index contributed by atoms with van der Waals surface area (Å²) >= 11 is 3.16. The second-order valence-electron chi connectivity index (χ2n) is 6.62. The Bertz CT molecular complexity index is 924. The minimum atomic E-state index is -1.18. The first kappa shape index (κ1) is 17.1. The van der Waals surface area contributed by atoms with Gasteiger partial charge in [-0.05, 0) is 40.0 Å². The molecule has 8 heteroatoms. The van der Waals surface area contributed by atoms with E-state index in [0.717, 1.165) is 4.90 Å². The Hall–Kier alpha value is -2.35. The van der Waals surface area contributed by atoms with Crippen LogP contribution in [-0.2, 0) is 9.59 Å². The molecule has 2 unspecified atom stereocenters. The first-order valence-corrected chi connectivity index (χ1v) is 8.95. The molecule has 0 radical (unpaired) electrons. The zero-order valence-corrected chi connectivity index (χ0v) is 15.1. The fourth-order valence-corrected chi connectivity index (χ4v) is 4.38. The molecular weight excluding hydrogens is 407 g/mol. The van der Waals surface area contributed by atoms with Crippen LogP contribution < -0.4 is 0 Å². The molecule has 1 fully saturated rings. The third-order valence-electron chi connectivity index (χ3n) is 5.12. The van der Waals surface area contributed by atoms with Crippen LogP contribution in [-0.4, -0.2) is 46.5 Å². The molecule has 1 aromatic carbocycles. The number of halogens is 2. The van der Waals surface area contributed by atoms with Gasteiger partial charge in [-0.1, -0.05) is 6.07 Å². The quantitative estimate of drug-likeness (QED) is 0.756. The van der Waals surface area contributed by atoms with Crippen molar-refractivity contribution in [2.45, 2.75) is 18.8 Å². The van der Waals surface area contributed by atoms with Gasteiger partial charge in [-0.15, -0.1) is 0 Å². The molecule has 2 atom stereocenters. The molecule has 1 N–H and O–H groups in total. The van der Waals surface area contributed by atoms with Crippen LogP contribution in [0.5, 0.6) is 0 Å². The summed E-state index contributed by atoms with van der Waals surface area (Å²) in [5.41, 5.74) is 2.11. The van der Waals surface area contributed by atoms with Crippen LogP contribution in [0.2, 0.25) is 0 Å². The topological polar surface area (TPSA) is 87.0 Å². The van der Waals surface area contributed by atoms with Gasteiger partial charge in [0.2, 0.25) is 0 Å². The Kier molecular flexibility index (Phi) is 4.02. The molecule has 0 bridgehead atoms. The van der Waals surface area contributed by atoms with Crippen LogP contribution in [0.3, 0.4) is 0 Å². The lowest BCUT2D eigenvalue weighted by molar-refractivity contribution is -0.120. The number of benzene rings is 1. The van der Waals surface area contributed by atoms with E-state index in [1.54, 1.807) is 12.1 Å². The van der Waals surface area contributed by atoms with Crippen LogP contribution in [0, 0.1) is 11.7 Å². The minimum Gasteiger partial charge on any atom is -0.465 e. The fraction of sp³-hybridized carbons (Fsp3) is 0.333. The smallest absolute Gasteiger partial charge is 0.408 e. The largest absolute Gasteiger partial charge is 0.465 e. The van der Waals surface area contributed by atoms with Crippen molar-refractivity contribution in [1.29, 1.82) is 0 Å². The maximum Gasteiger partial charge on any atom is 0.408 e. The van der Waals surface area contributed by atoms with Gasteiger partial charge < -0.3 is 5.11 Å². The van der Waals surface area contributed by atoms with Gasteiger partial charge >= 0.3 is 6.09 Å². The Morgan fingerprint density at radius 1 is 1.23 bits per heavy atom. The van der Waals surface area contributed by atoms with Gasteiger partial charge in [-0.25, -0.2) is 9.18 Å². The average Bonchev–Trinajstić information content (AvgIpc) is 2.96. The molecule has 1 saturated carbocycles. The standard InChI is InChI=1S/C18H14BrFN2O4/c19-9-5-8(1-2-10(9)20)15-16-11(3-4-13(16)23)21-12-6-22(18(25)26)7-14(24)17(12)15/h1-2,5,15-16H,3-4,6-7H2,(H,25,26). The number of hydrogen-bond acceptors (Lipinski definition) is 4. The number of carbonyl (C=O) groups excluding carboxylic acids is 2. The maximum absolute atomic E-state index is 13.7. The molecule has 3 aliphatic rings. The van der Waals surface area contributed by atoms with Crippen LogP contribution in [0.1, 0.15) is 24.3 Å². The van der Waals surface area contributed by atoms with Gasteiger partial charge in [-0.3, -0.25) is 19.5 Å². The summed E-state index contributed by atoms with van der Waals surface area (Å²) in [6, 6.07) is 4.44. The van der Waals surface area contributed by atoms with Crippen LogP contribution in [0.25, 0.3) is 0 Å². The minimum absolute atomic E-state index is 0.00853. The van der Waals surface area contributed by atoms with E-state index in [4.69, 9.17) is 0 Å². The molecule has 4 rings (SSSR count). The summed E-state index contributed by atoms with van der Waals surface area (Å²) in [4.78, 5) is 42.0. The zero-order chi connectivity index (χ0) is 18.6. The number of nitrogens with zero attached hydrogens (tertiary/aromatic N) is 2. The van der Waals surface area contributed by atoms with Crippen molar-refractivity contribution in [1.82, 2.24) is 4.90 Å². The van der Waals surface area contributed by atoms with E-state index in [9.17, 15) is 23.9 Å². The van der Waals surface area contributed by atoms with Crippen molar-refractivity contribution in [2.75, 3.05) is 13.1 Å². The summed E-state index contributed by atoms with van der Waals surface area (Å²) in [6.07, 6.45) is -0.337. The molecule has 6 nitrogen and oxygen atoms in total. The summed E-state index contributed by atoms with van der Waals surface area (Å²) in [5, 5.41) is 9.23. The Labute approximate surface area is 156 Å². The monoisotopic (exact) mass is 420 g/mol. The van der Waals surface area contributed by atoms with Gasteiger partial charge in [0.25, 0.3) is 0 Å². The van der Waals surface area contributed by atoms with Crippen molar-refractivity contribution < 1.29 is 23.9 Å². The molecule has 0 spiro atoms. The number of ketones is 2. The number of amides is 1. The number of rotatable bonds is 1. The van der Waals surface area contributed by atoms with Crippen molar-refractivity contribution >= 4 is 39.3 Å². The van der Waals surface area contributed by atoms with Crippen molar-refractivity contribution in [3.05, 3.63) is 45.3 Å². The van der Waals surface area contributed by atoms with E-state index in [2.05, 4.69) is 20.9 Å². The molecule has 1 aromatic rings. The molecule has 0 aromatic heterocycles. The highest BCUT2D eigenvalue weighted by atomic mass is 79.9. The highest BCUT2D eigenvalue weighted by molar-refractivity contribution is 9.10. The predicted octanol–water partition coefficient (Wildman–Crippen LogP) is 2.92. The number of fused-ring (bicyclic) bond motifs is 1. The molecule has 134 valence electrons. The number of Topliss-reactive ketones (excluding diaryl/α,β-unsaturated/α-hetero) is 2. The van der Waals surface area contributed by atoms with Gasteiger partial charge in [0, 0.05) is 23.6 Å². The average molecular weight is 421 g/mol. The van der Waals surface area contributed by atoms with E-state index >= 15 is 0 Å². The van der Waals surface area contributed by atoms with E-state index < -0.39 is 23.7 Å². The third-order valence-corrected chi connectivity index (χ3v) is 5.72. The maximum atomic E-state index is 13.7. The normalized spacial score (nSPS) is 25.2. The number of hydrogen-bond donors (Lipinski definition) is 1. The number of aliphatic imine (C=N–C) groups is 1. The lowest BCUT2D eigenvalue weighted by atomic mass is 9.73. The van der Waals surface area contributed by atoms with E-state index in [-0.39, 0.29) is 29.1 Å². The van der Waals surface area contributed by atoms with Gasteiger partial charge in [-0.2, -0.15) is 0 Å². The third kappa shape index (κ3) is 2.59. The molecule has 0 saturated heterocycles. The Morgan fingerprint density at radius 3 is 2.69 bits per heavy atom. The fourth-order valence-electron chi connectivity index (χ4n) is 3.98.